The molecule has 64 valence electrons. The molecule has 5 N–H and O–H groups in total. The van der Waals surface area contributed by atoms with Crippen molar-refractivity contribution in [1.29, 1.82) is 0 Å². The minimum atomic E-state index is -1.36. The van der Waals surface area contributed by atoms with Crippen LogP contribution in [-0.2, 0) is 4.79 Å². The van der Waals surface area contributed by atoms with Crippen molar-refractivity contribution in [2.24, 2.45) is 5.73 Å². The highest BCUT2D eigenvalue weighted by atomic mass is 16.3. The Labute approximate surface area is 65.0 Å². The number of amides is 1. The lowest BCUT2D eigenvalue weighted by Gasteiger charge is -2.17. The lowest BCUT2D eigenvalue weighted by atomic mass is 10.2. The first-order valence-electron chi connectivity index (χ1n) is 3.56. The summed E-state index contributed by atoms with van der Waals surface area (Å²) < 4.78 is 0. The molecule has 0 spiro atoms. The fourth-order valence-corrected chi connectivity index (χ4v) is 1.18. The van der Waals surface area contributed by atoms with Gasteiger partial charge in [0.2, 0.25) is 5.91 Å². The molecular formula is C6H13N3O2. The predicted molar refractivity (Wildman–Crippen MR) is 39.4 cm³/mol. The van der Waals surface area contributed by atoms with Gasteiger partial charge in [-0.1, -0.05) is 0 Å². The minimum absolute atomic E-state index is 0.133. The summed E-state index contributed by atoms with van der Waals surface area (Å²) in [5.41, 5.74) is 5.33. The zero-order chi connectivity index (χ0) is 8.48. The Kier molecular flexibility index (Phi) is 2.12. The van der Waals surface area contributed by atoms with Crippen LogP contribution in [0, 0.1) is 0 Å². The lowest BCUT2D eigenvalue weighted by molar-refractivity contribution is -0.123. The molecule has 1 amide bonds. The molecule has 1 rings (SSSR count). The molecule has 0 radical (unpaired) electrons. The van der Waals surface area contributed by atoms with Crippen LogP contribution in [0.4, 0.5) is 0 Å². The van der Waals surface area contributed by atoms with Gasteiger partial charge in [-0.3, -0.25) is 15.8 Å². The van der Waals surface area contributed by atoms with E-state index in [0.717, 1.165) is 0 Å². The van der Waals surface area contributed by atoms with Gasteiger partial charge >= 0.3 is 0 Å². The number of aliphatic hydroxyl groups is 1. The average Bonchev–Trinajstić information content (AvgIpc) is 2.29. The van der Waals surface area contributed by atoms with E-state index < -0.39 is 5.85 Å². The summed E-state index contributed by atoms with van der Waals surface area (Å²) in [5, 5.41) is 14.3. The maximum Gasteiger partial charge on any atom is 0.237 e. The van der Waals surface area contributed by atoms with Crippen LogP contribution < -0.4 is 16.4 Å². The Morgan fingerprint density at radius 3 is 2.91 bits per heavy atom. The van der Waals surface area contributed by atoms with Gasteiger partial charge in [0.1, 0.15) is 0 Å². The third kappa shape index (κ3) is 1.89. The summed E-state index contributed by atoms with van der Waals surface area (Å²) in [4.78, 5) is 11.0. The quantitative estimate of drug-likeness (QED) is 0.336. The number of carbonyl (C=O) groups is 1. The number of likely N-dealkylation sites (N-methyl/N-ethyl adjacent to an activating group) is 1. The average molecular weight is 159 g/mol. The minimum Gasteiger partial charge on any atom is -0.363 e. The molecule has 0 aliphatic carbocycles. The summed E-state index contributed by atoms with van der Waals surface area (Å²) >= 11 is 0. The van der Waals surface area contributed by atoms with Crippen LogP contribution in [0.15, 0.2) is 0 Å². The Morgan fingerprint density at radius 2 is 2.55 bits per heavy atom. The summed E-state index contributed by atoms with van der Waals surface area (Å²) in [5.74, 6) is -1.50. The maximum absolute atomic E-state index is 11.0. The number of nitrogens with two attached hydrogens (primary N) is 1. The van der Waals surface area contributed by atoms with E-state index in [1.165, 1.54) is 0 Å². The normalized spacial score (nSPS) is 37.2. The highest BCUT2D eigenvalue weighted by Crippen LogP contribution is 2.15. The van der Waals surface area contributed by atoms with Gasteiger partial charge < -0.3 is 10.4 Å². The molecule has 0 saturated carbocycles. The highest BCUT2D eigenvalue weighted by molar-refractivity contribution is 5.81. The van der Waals surface area contributed by atoms with Crippen molar-refractivity contribution in [3.8, 4) is 0 Å². The van der Waals surface area contributed by atoms with Crippen LogP contribution in [0.3, 0.4) is 0 Å². The van der Waals surface area contributed by atoms with Crippen molar-refractivity contribution in [2.45, 2.75) is 24.7 Å². The van der Waals surface area contributed by atoms with E-state index in [-0.39, 0.29) is 11.9 Å². The molecule has 11 heavy (non-hydrogen) atoms. The first-order chi connectivity index (χ1) is 5.05. The second-order valence-electron chi connectivity index (χ2n) is 2.77. The van der Waals surface area contributed by atoms with Crippen molar-refractivity contribution in [1.82, 2.24) is 10.6 Å². The van der Waals surface area contributed by atoms with Crippen LogP contribution >= 0.6 is 0 Å². The van der Waals surface area contributed by atoms with Gasteiger partial charge in [-0.05, 0) is 6.42 Å². The van der Waals surface area contributed by atoms with Crippen molar-refractivity contribution < 1.29 is 9.90 Å². The number of carbonyl (C=O) groups excluding carboxylic acids is 1. The molecule has 1 heterocycles. The number of hydrogen-bond donors (Lipinski definition) is 4. The van der Waals surface area contributed by atoms with Crippen LogP contribution in [0.2, 0.25) is 0 Å². The molecule has 1 aliphatic rings. The van der Waals surface area contributed by atoms with Crippen LogP contribution in [0.25, 0.3) is 0 Å². The molecule has 5 nitrogen and oxygen atoms in total. The molecule has 0 aromatic rings. The molecular weight excluding hydrogens is 146 g/mol. The molecule has 2 unspecified atom stereocenters. The Morgan fingerprint density at radius 1 is 1.91 bits per heavy atom. The van der Waals surface area contributed by atoms with Crippen molar-refractivity contribution >= 4 is 5.91 Å². The Balaban J connectivity index is 2.48. The van der Waals surface area contributed by atoms with Crippen molar-refractivity contribution in [3.05, 3.63) is 0 Å². The van der Waals surface area contributed by atoms with Gasteiger partial charge in [0.25, 0.3) is 0 Å². The fraction of sp³-hybridized carbons (Fsp3) is 0.833. The van der Waals surface area contributed by atoms with E-state index in [9.17, 15) is 9.90 Å². The summed E-state index contributed by atoms with van der Waals surface area (Å²) in [6.45, 7) is 0. The molecule has 5 heteroatoms. The molecule has 1 aliphatic heterocycles. The van der Waals surface area contributed by atoms with Gasteiger partial charge in [0.15, 0.2) is 5.85 Å². The summed E-state index contributed by atoms with van der Waals surface area (Å²) in [7, 11) is 1.55. The van der Waals surface area contributed by atoms with Gasteiger partial charge in [-0.15, -0.1) is 0 Å². The molecule has 1 fully saturated rings. The zero-order valence-electron chi connectivity index (χ0n) is 6.42. The molecule has 1 saturated heterocycles. The number of rotatable bonds is 1. The zero-order valence-corrected chi connectivity index (χ0v) is 6.42. The fourth-order valence-electron chi connectivity index (χ4n) is 1.18. The SMILES string of the molecule is CNC(=O)C1CCC(N)(O)N1. The van der Waals surface area contributed by atoms with Gasteiger partial charge in [-0.2, -0.15) is 0 Å². The third-order valence-electron chi connectivity index (χ3n) is 1.80. The van der Waals surface area contributed by atoms with Gasteiger partial charge in [0.05, 0.1) is 6.04 Å². The van der Waals surface area contributed by atoms with Crippen LogP contribution in [0.5, 0.6) is 0 Å². The maximum atomic E-state index is 11.0. The van der Waals surface area contributed by atoms with E-state index in [4.69, 9.17) is 5.73 Å². The molecule has 0 bridgehead atoms. The second kappa shape index (κ2) is 2.77. The number of hydrogen-bond acceptors (Lipinski definition) is 4. The first kappa shape index (κ1) is 8.45. The Bertz CT molecular complexity index is 169. The van der Waals surface area contributed by atoms with Crippen LogP contribution in [-0.4, -0.2) is 30.0 Å². The monoisotopic (exact) mass is 159 g/mol. The van der Waals surface area contributed by atoms with E-state index in [1.807, 2.05) is 0 Å². The molecule has 0 aromatic carbocycles. The smallest absolute Gasteiger partial charge is 0.237 e. The highest BCUT2D eigenvalue weighted by Gasteiger charge is 2.35. The third-order valence-corrected chi connectivity index (χ3v) is 1.80. The van der Waals surface area contributed by atoms with E-state index >= 15 is 0 Å². The Hall–Kier alpha value is -0.650. The van der Waals surface area contributed by atoms with E-state index in [0.29, 0.717) is 12.8 Å². The predicted octanol–water partition coefficient (Wildman–Crippen LogP) is -1.91. The lowest BCUT2D eigenvalue weighted by Crippen LogP contribution is -2.54. The topological polar surface area (TPSA) is 87.4 Å². The van der Waals surface area contributed by atoms with E-state index in [2.05, 4.69) is 10.6 Å². The summed E-state index contributed by atoms with van der Waals surface area (Å²) in [6.07, 6.45) is 0.984. The van der Waals surface area contributed by atoms with Crippen molar-refractivity contribution in [2.75, 3.05) is 7.05 Å². The second-order valence-corrected chi connectivity index (χ2v) is 2.77. The standard InChI is InChI=1S/C6H13N3O2/c1-8-5(10)4-2-3-6(7,11)9-4/h4,9,11H,2-3,7H2,1H3,(H,8,10). The molecule has 2 atom stereocenters. The van der Waals surface area contributed by atoms with E-state index in [1.54, 1.807) is 7.05 Å². The van der Waals surface area contributed by atoms with Gasteiger partial charge in [0, 0.05) is 13.5 Å². The van der Waals surface area contributed by atoms with Crippen LogP contribution in [0.1, 0.15) is 12.8 Å². The largest absolute Gasteiger partial charge is 0.363 e. The van der Waals surface area contributed by atoms with Crippen molar-refractivity contribution in [3.63, 3.8) is 0 Å². The first-order valence-corrected chi connectivity index (χ1v) is 3.56. The van der Waals surface area contributed by atoms with Gasteiger partial charge in [-0.25, -0.2) is 0 Å². The number of nitrogens with one attached hydrogen (secondary N) is 2. The molecule has 0 aromatic heterocycles. The summed E-state index contributed by atoms with van der Waals surface area (Å²) in [6, 6.07) is -0.352.